The summed E-state index contributed by atoms with van der Waals surface area (Å²) in [6.45, 7) is 1.52. The van der Waals surface area contributed by atoms with Crippen LogP contribution in [-0.2, 0) is 0 Å². The summed E-state index contributed by atoms with van der Waals surface area (Å²) in [5.41, 5.74) is 0.646. The van der Waals surface area contributed by atoms with Gasteiger partial charge in [0.15, 0.2) is 0 Å². The molecule has 0 saturated heterocycles. The number of nitrogens with one attached hydrogen (secondary N) is 2. The molecule has 1 amide bonds. The summed E-state index contributed by atoms with van der Waals surface area (Å²) in [4.78, 5) is 16.4. The molecule has 1 rings (SSSR count). The SMILES string of the molecule is CNCCN(C)C(=O)c1cc(I)c[nH]1. The highest BCUT2D eigenvalue weighted by Gasteiger charge is 2.12. The molecule has 14 heavy (non-hydrogen) atoms. The monoisotopic (exact) mass is 307 g/mol. The van der Waals surface area contributed by atoms with E-state index in [4.69, 9.17) is 0 Å². The number of hydrogen-bond acceptors (Lipinski definition) is 2. The Labute approximate surface area is 97.2 Å². The Morgan fingerprint density at radius 2 is 2.43 bits per heavy atom. The van der Waals surface area contributed by atoms with Gasteiger partial charge in [-0.05, 0) is 35.7 Å². The van der Waals surface area contributed by atoms with Crippen LogP contribution in [0.2, 0.25) is 0 Å². The van der Waals surface area contributed by atoms with E-state index in [2.05, 4.69) is 32.9 Å². The quantitative estimate of drug-likeness (QED) is 0.813. The molecule has 0 unspecified atom stereocenters. The molecule has 1 heterocycles. The molecule has 78 valence electrons. The van der Waals surface area contributed by atoms with Crippen molar-refractivity contribution in [2.24, 2.45) is 0 Å². The average molecular weight is 307 g/mol. The van der Waals surface area contributed by atoms with Gasteiger partial charge in [-0.25, -0.2) is 0 Å². The summed E-state index contributed by atoms with van der Waals surface area (Å²) in [6.07, 6.45) is 1.82. The molecule has 0 atom stereocenters. The van der Waals surface area contributed by atoms with Crippen LogP contribution < -0.4 is 5.32 Å². The van der Waals surface area contributed by atoms with E-state index in [1.807, 2.05) is 19.3 Å². The van der Waals surface area contributed by atoms with Crippen LogP contribution in [0, 0.1) is 3.57 Å². The molecule has 0 spiro atoms. The third-order valence-electron chi connectivity index (χ3n) is 1.92. The highest BCUT2D eigenvalue weighted by Crippen LogP contribution is 2.07. The smallest absolute Gasteiger partial charge is 0.270 e. The van der Waals surface area contributed by atoms with Gasteiger partial charge in [0.2, 0.25) is 0 Å². The minimum absolute atomic E-state index is 0.0307. The summed E-state index contributed by atoms with van der Waals surface area (Å²) in [7, 11) is 3.67. The first-order chi connectivity index (χ1) is 6.65. The summed E-state index contributed by atoms with van der Waals surface area (Å²) in [5, 5.41) is 3.00. The van der Waals surface area contributed by atoms with Gasteiger partial charge in [-0.1, -0.05) is 0 Å². The zero-order valence-corrected chi connectivity index (χ0v) is 10.5. The summed E-state index contributed by atoms with van der Waals surface area (Å²) in [6, 6.07) is 1.85. The molecule has 2 N–H and O–H groups in total. The zero-order valence-electron chi connectivity index (χ0n) is 8.30. The lowest BCUT2D eigenvalue weighted by molar-refractivity contribution is 0.0792. The van der Waals surface area contributed by atoms with Crippen LogP contribution in [0.15, 0.2) is 12.3 Å². The summed E-state index contributed by atoms with van der Waals surface area (Å²) in [5.74, 6) is 0.0307. The molecule has 0 radical (unpaired) electrons. The second-order valence-electron chi connectivity index (χ2n) is 3.06. The lowest BCUT2D eigenvalue weighted by Gasteiger charge is -2.15. The zero-order chi connectivity index (χ0) is 10.6. The van der Waals surface area contributed by atoms with E-state index >= 15 is 0 Å². The van der Waals surface area contributed by atoms with Crippen molar-refractivity contribution in [1.29, 1.82) is 0 Å². The van der Waals surface area contributed by atoms with Gasteiger partial charge in [0, 0.05) is 29.9 Å². The molecule has 5 heteroatoms. The molecule has 1 aromatic rings. The van der Waals surface area contributed by atoms with Gasteiger partial charge in [0.05, 0.1) is 0 Å². The van der Waals surface area contributed by atoms with E-state index in [1.54, 1.807) is 11.9 Å². The normalized spacial score (nSPS) is 10.2. The number of hydrogen-bond donors (Lipinski definition) is 2. The molecule has 4 nitrogen and oxygen atoms in total. The number of rotatable bonds is 4. The van der Waals surface area contributed by atoms with Crippen molar-refractivity contribution in [3.05, 3.63) is 21.5 Å². The molecule has 1 aromatic heterocycles. The van der Waals surface area contributed by atoms with Crippen molar-refractivity contribution in [2.45, 2.75) is 0 Å². The number of halogens is 1. The number of carbonyl (C=O) groups is 1. The van der Waals surface area contributed by atoms with Gasteiger partial charge in [-0.2, -0.15) is 0 Å². The Balaban J connectivity index is 2.56. The first-order valence-corrected chi connectivity index (χ1v) is 5.47. The van der Waals surface area contributed by atoms with Gasteiger partial charge in [-0.15, -0.1) is 0 Å². The van der Waals surface area contributed by atoms with Crippen LogP contribution in [-0.4, -0.2) is 43.0 Å². The first-order valence-electron chi connectivity index (χ1n) is 4.39. The topological polar surface area (TPSA) is 48.1 Å². The molecule has 0 saturated carbocycles. The van der Waals surface area contributed by atoms with Crippen molar-refractivity contribution >= 4 is 28.5 Å². The van der Waals surface area contributed by atoms with Crippen molar-refractivity contribution in [3.63, 3.8) is 0 Å². The second-order valence-corrected chi connectivity index (χ2v) is 4.31. The number of aromatic amines is 1. The Kier molecular flexibility index (Phi) is 4.40. The summed E-state index contributed by atoms with van der Waals surface area (Å²) < 4.78 is 1.05. The standard InChI is InChI=1S/C9H14IN3O/c1-11-3-4-13(2)9(14)8-5-7(10)6-12-8/h5-6,11-12H,3-4H2,1-2H3. The Bertz CT molecular complexity index is 311. The highest BCUT2D eigenvalue weighted by molar-refractivity contribution is 14.1. The third kappa shape index (κ3) is 2.98. The lowest BCUT2D eigenvalue weighted by atomic mass is 10.4. The van der Waals surface area contributed by atoms with Crippen molar-refractivity contribution in [3.8, 4) is 0 Å². The van der Waals surface area contributed by atoms with Crippen LogP contribution in [0.25, 0.3) is 0 Å². The van der Waals surface area contributed by atoms with Gasteiger partial charge in [-0.3, -0.25) is 4.79 Å². The molecule has 0 aliphatic heterocycles. The molecular formula is C9H14IN3O. The van der Waals surface area contributed by atoms with Gasteiger partial charge in [0.25, 0.3) is 5.91 Å². The van der Waals surface area contributed by atoms with Crippen molar-refractivity contribution in [2.75, 3.05) is 27.2 Å². The minimum Gasteiger partial charge on any atom is -0.356 e. The number of amides is 1. The Morgan fingerprint density at radius 1 is 1.71 bits per heavy atom. The average Bonchev–Trinajstić information content (AvgIpc) is 2.60. The molecule has 0 aliphatic rings. The fourth-order valence-electron chi connectivity index (χ4n) is 1.08. The minimum atomic E-state index is 0.0307. The maximum Gasteiger partial charge on any atom is 0.270 e. The molecule has 0 aromatic carbocycles. The largest absolute Gasteiger partial charge is 0.356 e. The lowest BCUT2D eigenvalue weighted by Crippen LogP contribution is -2.32. The fraction of sp³-hybridized carbons (Fsp3) is 0.444. The number of H-pyrrole nitrogens is 1. The van der Waals surface area contributed by atoms with E-state index in [1.165, 1.54) is 0 Å². The molecule has 0 bridgehead atoms. The van der Waals surface area contributed by atoms with E-state index < -0.39 is 0 Å². The Hall–Kier alpha value is -0.560. The number of nitrogens with zero attached hydrogens (tertiary/aromatic N) is 1. The predicted octanol–water partition coefficient (Wildman–Crippen LogP) is 0.911. The maximum absolute atomic E-state index is 11.7. The second kappa shape index (κ2) is 5.35. The van der Waals surface area contributed by atoms with Crippen LogP contribution in [0.1, 0.15) is 10.5 Å². The van der Waals surface area contributed by atoms with Gasteiger partial charge in [0.1, 0.15) is 5.69 Å². The van der Waals surface area contributed by atoms with E-state index in [0.29, 0.717) is 12.2 Å². The Morgan fingerprint density at radius 3 is 2.93 bits per heavy atom. The number of aromatic nitrogens is 1. The number of likely N-dealkylation sites (N-methyl/N-ethyl adjacent to an activating group) is 2. The first kappa shape index (κ1) is 11.5. The van der Waals surface area contributed by atoms with Crippen LogP contribution in [0.3, 0.4) is 0 Å². The van der Waals surface area contributed by atoms with E-state index in [0.717, 1.165) is 10.1 Å². The molecule has 0 aliphatic carbocycles. The van der Waals surface area contributed by atoms with Gasteiger partial charge < -0.3 is 15.2 Å². The molecule has 0 fully saturated rings. The highest BCUT2D eigenvalue weighted by atomic mass is 127. The predicted molar refractivity (Wildman–Crippen MR) is 64.4 cm³/mol. The van der Waals surface area contributed by atoms with Crippen LogP contribution in [0.5, 0.6) is 0 Å². The van der Waals surface area contributed by atoms with Crippen molar-refractivity contribution < 1.29 is 4.79 Å². The summed E-state index contributed by atoms with van der Waals surface area (Å²) >= 11 is 2.17. The molecular weight excluding hydrogens is 293 g/mol. The van der Waals surface area contributed by atoms with Crippen LogP contribution >= 0.6 is 22.6 Å². The third-order valence-corrected chi connectivity index (χ3v) is 2.54. The van der Waals surface area contributed by atoms with Crippen LogP contribution in [0.4, 0.5) is 0 Å². The fourth-order valence-corrected chi connectivity index (χ4v) is 1.55. The maximum atomic E-state index is 11.7. The van der Waals surface area contributed by atoms with E-state index in [9.17, 15) is 4.79 Å². The van der Waals surface area contributed by atoms with Gasteiger partial charge >= 0.3 is 0 Å². The number of carbonyl (C=O) groups excluding carboxylic acids is 1. The van der Waals surface area contributed by atoms with E-state index in [-0.39, 0.29) is 5.91 Å². The van der Waals surface area contributed by atoms with Crippen molar-refractivity contribution in [1.82, 2.24) is 15.2 Å².